The third-order valence-corrected chi connectivity index (χ3v) is 6.36. The molecule has 2 aliphatic heterocycles. The third-order valence-electron chi connectivity index (χ3n) is 6.36. The Morgan fingerprint density at radius 2 is 1.87 bits per heavy atom. The number of piperidine rings is 1. The van der Waals surface area contributed by atoms with Crippen molar-refractivity contribution >= 4 is 12.0 Å². The number of halogens is 3. The largest absolute Gasteiger partial charge is 0.437 e. The third kappa shape index (κ3) is 4.71. The van der Waals surface area contributed by atoms with Gasteiger partial charge in [0.2, 0.25) is 5.91 Å². The zero-order valence-electron chi connectivity index (χ0n) is 17.3. The zero-order valence-corrected chi connectivity index (χ0v) is 17.3. The summed E-state index contributed by atoms with van der Waals surface area (Å²) in [4.78, 5) is 27.3. The van der Waals surface area contributed by atoms with Crippen LogP contribution in [0.5, 0.6) is 0 Å². The molecule has 2 saturated heterocycles. The van der Waals surface area contributed by atoms with Crippen LogP contribution in [0, 0.1) is 6.92 Å². The first-order valence-electron chi connectivity index (χ1n) is 10.2. The fraction of sp³-hybridized carbons (Fsp3) is 0.619. The summed E-state index contributed by atoms with van der Waals surface area (Å²) in [6.07, 6.45) is -4.16. The van der Waals surface area contributed by atoms with Crippen molar-refractivity contribution in [3.63, 3.8) is 0 Å². The van der Waals surface area contributed by atoms with E-state index in [1.54, 1.807) is 6.07 Å². The average molecular weight is 427 g/mol. The number of hydrogen-bond donors (Lipinski definition) is 1. The number of hydrogen-bond acceptors (Lipinski definition) is 4. The van der Waals surface area contributed by atoms with Gasteiger partial charge in [0, 0.05) is 30.7 Å². The van der Waals surface area contributed by atoms with Crippen LogP contribution in [0.25, 0.3) is 0 Å². The quantitative estimate of drug-likeness (QED) is 0.797. The lowest BCUT2D eigenvalue weighted by molar-refractivity contribution is -0.200. The van der Waals surface area contributed by atoms with Gasteiger partial charge in [0.15, 0.2) is 6.10 Å². The first kappa shape index (κ1) is 22.4. The number of alkyl halides is 3. The van der Waals surface area contributed by atoms with Gasteiger partial charge in [-0.1, -0.05) is 12.1 Å². The molecule has 1 atom stereocenters. The highest BCUT2D eigenvalue weighted by atomic mass is 19.4. The molecule has 30 heavy (non-hydrogen) atoms. The van der Waals surface area contributed by atoms with Crippen molar-refractivity contribution in [3.05, 3.63) is 34.9 Å². The van der Waals surface area contributed by atoms with E-state index in [0.717, 1.165) is 44.0 Å². The number of primary amides is 1. The molecule has 1 aromatic rings. The average Bonchev–Trinajstić information content (AvgIpc) is 3.03. The molecule has 1 spiro atoms. The Labute approximate surface area is 174 Å². The predicted molar refractivity (Wildman–Crippen MR) is 105 cm³/mol. The fourth-order valence-corrected chi connectivity index (χ4v) is 4.53. The van der Waals surface area contributed by atoms with Gasteiger partial charge in [-0.2, -0.15) is 13.2 Å². The maximum Gasteiger partial charge on any atom is 0.425 e. The smallest absolute Gasteiger partial charge is 0.425 e. The van der Waals surface area contributed by atoms with Crippen molar-refractivity contribution < 1.29 is 27.5 Å². The van der Waals surface area contributed by atoms with Gasteiger partial charge in [0.25, 0.3) is 0 Å². The lowest BCUT2D eigenvalue weighted by atomic mass is 9.84. The summed E-state index contributed by atoms with van der Waals surface area (Å²) in [5.74, 6) is -0.448. The number of nitrogens with zero attached hydrogens (tertiary/aromatic N) is 2. The number of carbonyl (C=O) groups is 2. The molecular formula is C21H28F3N3O3. The van der Waals surface area contributed by atoms with Crippen molar-refractivity contribution in [2.24, 2.45) is 5.73 Å². The van der Waals surface area contributed by atoms with E-state index >= 15 is 0 Å². The van der Waals surface area contributed by atoms with Crippen molar-refractivity contribution in [3.8, 4) is 0 Å². The molecule has 6 nitrogen and oxygen atoms in total. The fourth-order valence-electron chi connectivity index (χ4n) is 4.53. The van der Waals surface area contributed by atoms with Gasteiger partial charge in [-0.05, 0) is 63.3 Å². The minimum Gasteiger partial charge on any atom is -0.437 e. The van der Waals surface area contributed by atoms with Gasteiger partial charge in [-0.25, -0.2) is 4.79 Å². The Balaban J connectivity index is 1.61. The molecule has 3 rings (SSSR count). The molecule has 2 N–H and O–H groups in total. The van der Waals surface area contributed by atoms with Crippen LogP contribution in [-0.4, -0.2) is 59.3 Å². The summed E-state index contributed by atoms with van der Waals surface area (Å²) in [6, 6.07) is 5.62. The van der Waals surface area contributed by atoms with Crippen LogP contribution < -0.4 is 5.73 Å². The Morgan fingerprint density at radius 1 is 1.20 bits per heavy atom. The normalized spacial score (nSPS) is 20.4. The van der Waals surface area contributed by atoms with Gasteiger partial charge in [0.1, 0.15) is 0 Å². The Hall–Kier alpha value is -2.29. The molecule has 0 aliphatic carbocycles. The molecule has 2 fully saturated rings. The summed E-state index contributed by atoms with van der Waals surface area (Å²) in [7, 11) is 0. The summed E-state index contributed by atoms with van der Waals surface area (Å²) in [5.41, 5.74) is 7.74. The second-order valence-corrected chi connectivity index (χ2v) is 8.32. The molecule has 1 aromatic carbocycles. The van der Waals surface area contributed by atoms with Crippen LogP contribution >= 0.6 is 0 Å². The van der Waals surface area contributed by atoms with Crippen LogP contribution in [0.1, 0.15) is 54.1 Å². The van der Waals surface area contributed by atoms with E-state index in [1.807, 2.05) is 19.1 Å². The van der Waals surface area contributed by atoms with Crippen molar-refractivity contribution in [1.82, 2.24) is 9.80 Å². The van der Waals surface area contributed by atoms with Gasteiger partial charge >= 0.3 is 12.3 Å². The van der Waals surface area contributed by atoms with Gasteiger partial charge < -0.3 is 15.4 Å². The minimum atomic E-state index is -4.56. The molecule has 166 valence electrons. The standard InChI is InChI=1S/C21H28F3N3O3/c1-14-12-16(4-5-17(14)18(25)28)13-27-9-3-6-20(27)7-10-26(11-8-20)19(29)30-15(2)21(22,23)24/h4-5,12,15H,3,6-11,13H2,1-2H3,(H2,25,28). The number of ether oxygens (including phenoxy) is 1. The summed E-state index contributed by atoms with van der Waals surface area (Å²) in [6.45, 7) is 5.09. The first-order valence-corrected chi connectivity index (χ1v) is 10.2. The van der Waals surface area contributed by atoms with Crippen LogP contribution in [0.3, 0.4) is 0 Å². The van der Waals surface area contributed by atoms with E-state index in [0.29, 0.717) is 31.5 Å². The molecule has 0 bridgehead atoms. The number of aryl methyl sites for hydroxylation is 1. The van der Waals surface area contributed by atoms with Crippen molar-refractivity contribution in [2.45, 2.75) is 63.9 Å². The van der Waals surface area contributed by atoms with Crippen LogP contribution in [0.2, 0.25) is 0 Å². The van der Waals surface area contributed by atoms with E-state index in [2.05, 4.69) is 9.64 Å². The second-order valence-electron chi connectivity index (χ2n) is 8.32. The summed E-state index contributed by atoms with van der Waals surface area (Å²) < 4.78 is 42.5. The number of likely N-dealkylation sites (tertiary alicyclic amines) is 2. The Kier molecular flexibility index (Phi) is 6.31. The van der Waals surface area contributed by atoms with Gasteiger partial charge in [-0.15, -0.1) is 0 Å². The zero-order chi connectivity index (χ0) is 22.1. The number of carbonyl (C=O) groups excluding carboxylic acids is 2. The molecular weight excluding hydrogens is 399 g/mol. The number of benzene rings is 1. The van der Waals surface area contributed by atoms with Crippen LogP contribution in [0.4, 0.5) is 18.0 Å². The van der Waals surface area contributed by atoms with E-state index in [1.165, 1.54) is 4.90 Å². The summed E-state index contributed by atoms with van der Waals surface area (Å²) in [5, 5.41) is 0. The van der Waals surface area contributed by atoms with Crippen LogP contribution in [-0.2, 0) is 11.3 Å². The van der Waals surface area contributed by atoms with E-state index < -0.39 is 24.3 Å². The molecule has 0 aromatic heterocycles. The Bertz CT molecular complexity index is 804. The number of amides is 2. The molecule has 2 aliphatic rings. The van der Waals surface area contributed by atoms with E-state index in [4.69, 9.17) is 5.73 Å². The highest BCUT2D eigenvalue weighted by molar-refractivity contribution is 5.94. The first-order chi connectivity index (χ1) is 14.0. The molecule has 9 heteroatoms. The van der Waals surface area contributed by atoms with E-state index in [-0.39, 0.29) is 5.54 Å². The lowest BCUT2D eigenvalue weighted by Gasteiger charge is -2.45. The van der Waals surface area contributed by atoms with E-state index in [9.17, 15) is 22.8 Å². The maximum absolute atomic E-state index is 12.6. The highest BCUT2D eigenvalue weighted by Gasteiger charge is 2.45. The topological polar surface area (TPSA) is 75.9 Å². The highest BCUT2D eigenvalue weighted by Crippen LogP contribution is 2.39. The molecule has 2 heterocycles. The maximum atomic E-state index is 12.6. The summed E-state index contributed by atoms with van der Waals surface area (Å²) >= 11 is 0. The second kappa shape index (κ2) is 8.45. The van der Waals surface area contributed by atoms with Crippen LogP contribution in [0.15, 0.2) is 18.2 Å². The molecule has 0 radical (unpaired) electrons. The van der Waals surface area contributed by atoms with Gasteiger partial charge in [-0.3, -0.25) is 9.69 Å². The lowest BCUT2D eigenvalue weighted by Crippen LogP contribution is -2.53. The molecule has 0 saturated carbocycles. The van der Waals surface area contributed by atoms with Crippen molar-refractivity contribution in [2.75, 3.05) is 19.6 Å². The number of rotatable bonds is 4. The SMILES string of the molecule is Cc1cc(CN2CCCC23CCN(C(=O)OC(C)C(F)(F)F)CC3)ccc1C(N)=O. The molecule has 2 amide bonds. The van der Waals surface area contributed by atoms with Crippen molar-refractivity contribution in [1.29, 1.82) is 0 Å². The Morgan fingerprint density at radius 3 is 2.43 bits per heavy atom. The predicted octanol–water partition coefficient (Wildman–Crippen LogP) is 3.61. The molecule has 1 unspecified atom stereocenters. The monoisotopic (exact) mass is 427 g/mol. The van der Waals surface area contributed by atoms with Gasteiger partial charge in [0.05, 0.1) is 0 Å². The minimum absolute atomic E-state index is 0.0668. The number of nitrogens with two attached hydrogens (primary N) is 1.